The molecule has 1 aliphatic carbocycles. The lowest BCUT2D eigenvalue weighted by atomic mass is 9.79. The molecule has 1 aliphatic heterocycles. The molecule has 1 saturated carbocycles. The first-order chi connectivity index (χ1) is 9.61. The van der Waals surface area contributed by atoms with Crippen LogP contribution in [0.2, 0.25) is 0 Å². The SMILES string of the molecule is NC1CC[C@@H]2CN(C(=O)Cc3ccc(F)cc3)C[C@@H]2C1. The van der Waals surface area contributed by atoms with Gasteiger partial charge in [-0.1, -0.05) is 12.1 Å². The third-order valence-corrected chi connectivity index (χ3v) is 4.71. The molecule has 2 fully saturated rings. The number of likely N-dealkylation sites (tertiary alicyclic amines) is 1. The molecule has 1 aromatic rings. The van der Waals surface area contributed by atoms with Crippen LogP contribution in [0.15, 0.2) is 24.3 Å². The maximum Gasteiger partial charge on any atom is 0.227 e. The first-order valence-electron chi connectivity index (χ1n) is 7.39. The van der Waals surface area contributed by atoms with E-state index >= 15 is 0 Å². The van der Waals surface area contributed by atoms with Crippen LogP contribution in [0.4, 0.5) is 4.39 Å². The average molecular weight is 276 g/mol. The van der Waals surface area contributed by atoms with Crippen LogP contribution in [-0.4, -0.2) is 29.9 Å². The monoisotopic (exact) mass is 276 g/mol. The lowest BCUT2D eigenvalue weighted by Crippen LogP contribution is -2.32. The summed E-state index contributed by atoms with van der Waals surface area (Å²) < 4.78 is 12.9. The van der Waals surface area contributed by atoms with Gasteiger partial charge in [0, 0.05) is 19.1 Å². The first kappa shape index (κ1) is 13.6. The predicted octanol–water partition coefficient (Wildman–Crippen LogP) is 1.95. The molecule has 0 bridgehead atoms. The normalized spacial score (nSPS) is 29.3. The summed E-state index contributed by atoms with van der Waals surface area (Å²) in [4.78, 5) is 14.3. The van der Waals surface area contributed by atoms with E-state index in [1.807, 2.05) is 4.90 Å². The number of hydrogen-bond acceptors (Lipinski definition) is 2. The molecule has 108 valence electrons. The minimum atomic E-state index is -0.262. The van der Waals surface area contributed by atoms with Gasteiger partial charge in [0.15, 0.2) is 0 Å². The van der Waals surface area contributed by atoms with Gasteiger partial charge in [-0.25, -0.2) is 4.39 Å². The Morgan fingerprint density at radius 2 is 1.90 bits per heavy atom. The standard InChI is InChI=1S/C16H21FN2O/c17-14-4-1-11(2-5-14)7-16(20)19-9-12-3-6-15(18)8-13(12)10-19/h1-2,4-5,12-13,15H,3,6-10,18H2/t12-,13+,15?/m1/s1. The van der Waals surface area contributed by atoms with Crippen LogP contribution >= 0.6 is 0 Å². The van der Waals surface area contributed by atoms with Gasteiger partial charge in [0.2, 0.25) is 5.91 Å². The summed E-state index contributed by atoms with van der Waals surface area (Å²) >= 11 is 0. The Bertz CT molecular complexity index is 488. The van der Waals surface area contributed by atoms with Crippen molar-refractivity contribution in [3.8, 4) is 0 Å². The zero-order valence-corrected chi connectivity index (χ0v) is 11.6. The van der Waals surface area contributed by atoms with E-state index in [-0.39, 0.29) is 11.7 Å². The molecule has 20 heavy (non-hydrogen) atoms. The summed E-state index contributed by atoms with van der Waals surface area (Å²) in [6.45, 7) is 1.72. The average Bonchev–Trinajstić information content (AvgIpc) is 2.84. The summed E-state index contributed by atoms with van der Waals surface area (Å²) in [5.41, 5.74) is 6.89. The molecule has 0 radical (unpaired) electrons. The molecule has 1 aromatic carbocycles. The molecule has 1 saturated heterocycles. The summed E-state index contributed by atoms with van der Waals surface area (Å²) in [5.74, 6) is 1.10. The van der Waals surface area contributed by atoms with E-state index in [1.165, 1.54) is 12.1 Å². The lowest BCUT2D eigenvalue weighted by Gasteiger charge is -2.27. The van der Waals surface area contributed by atoms with Crippen LogP contribution in [0.5, 0.6) is 0 Å². The molecule has 0 spiro atoms. The van der Waals surface area contributed by atoms with E-state index in [0.717, 1.165) is 37.9 Å². The smallest absolute Gasteiger partial charge is 0.227 e. The van der Waals surface area contributed by atoms with Crippen molar-refractivity contribution in [1.29, 1.82) is 0 Å². The van der Waals surface area contributed by atoms with Gasteiger partial charge in [0.1, 0.15) is 5.82 Å². The quantitative estimate of drug-likeness (QED) is 0.897. The van der Waals surface area contributed by atoms with Crippen molar-refractivity contribution in [2.75, 3.05) is 13.1 Å². The van der Waals surface area contributed by atoms with Crippen molar-refractivity contribution in [2.24, 2.45) is 17.6 Å². The Morgan fingerprint density at radius 1 is 1.20 bits per heavy atom. The van der Waals surface area contributed by atoms with Gasteiger partial charge in [-0.2, -0.15) is 0 Å². The van der Waals surface area contributed by atoms with Crippen molar-refractivity contribution >= 4 is 5.91 Å². The molecule has 4 heteroatoms. The highest BCUT2D eigenvalue weighted by molar-refractivity contribution is 5.79. The predicted molar refractivity (Wildman–Crippen MR) is 75.5 cm³/mol. The molecular weight excluding hydrogens is 255 g/mol. The van der Waals surface area contributed by atoms with Crippen molar-refractivity contribution in [3.05, 3.63) is 35.6 Å². The molecule has 2 aliphatic rings. The van der Waals surface area contributed by atoms with Gasteiger partial charge < -0.3 is 10.6 Å². The highest BCUT2D eigenvalue weighted by Gasteiger charge is 2.38. The first-order valence-corrected chi connectivity index (χ1v) is 7.39. The van der Waals surface area contributed by atoms with E-state index in [4.69, 9.17) is 5.73 Å². The minimum absolute atomic E-state index is 0.152. The number of rotatable bonds is 2. The second-order valence-electron chi connectivity index (χ2n) is 6.20. The van der Waals surface area contributed by atoms with Crippen LogP contribution in [0.25, 0.3) is 0 Å². The Labute approximate surface area is 118 Å². The van der Waals surface area contributed by atoms with E-state index in [0.29, 0.717) is 24.3 Å². The Balaban J connectivity index is 1.60. The summed E-state index contributed by atoms with van der Waals surface area (Å²) in [5, 5.41) is 0. The fraction of sp³-hybridized carbons (Fsp3) is 0.562. The van der Waals surface area contributed by atoms with Crippen molar-refractivity contribution in [2.45, 2.75) is 31.7 Å². The van der Waals surface area contributed by atoms with Crippen LogP contribution in [0.3, 0.4) is 0 Å². The lowest BCUT2D eigenvalue weighted by molar-refractivity contribution is -0.129. The van der Waals surface area contributed by atoms with E-state index in [2.05, 4.69) is 0 Å². The maximum absolute atomic E-state index is 12.9. The molecule has 3 nitrogen and oxygen atoms in total. The van der Waals surface area contributed by atoms with Gasteiger partial charge in [-0.15, -0.1) is 0 Å². The Kier molecular flexibility index (Phi) is 3.74. The van der Waals surface area contributed by atoms with E-state index in [9.17, 15) is 9.18 Å². The topological polar surface area (TPSA) is 46.3 Å². The molecule has 1 amide bonds. The zero-order valence-electron chi connectivity index (χ0n) is 11.6. The number of hydrogen-bond donors (Lipinski definition) is 1. The Hall–Kier alpha value is -1.42. The van der Waals surface area contributed by atoms with E-state index < -0.39 is 0 Å². The minimum Gasteiger partial charge on any atom is -0.342 e. The van der Waals surface area contributed by atoms with E-state index in [1.54, 1.807) is 12.1 Å². The fourth-order valence-corrected chi connectivity index (χ4v) is 3.56. The third-order valence-electron chi connectivity index (χ3n) is 4.71. The number of fused-ring (bicyclic) bond motifs is 1. The van der Waals surface area contributed by atoms with Gasteiger partial charge in [0.05, 0.1) is 6.42 Å². The van der Waals surface area contributed by atoms with Gasteiger partial charge in [0.25, 0.3) is 0 Å². The number of carbonyl (C=O) groups excluding carboxylic acids is 1. The zero-order chi connectivity index (χ0) is 14.1. The molecule has 0 aromatic heterocycles. The fourth-order valence-electron chi connectivity index (χ4n) is 3.56. The van der Waals surface area contributed by atoms with Crippen molar-refractivity contribution in [1.82, 2.24) is 4.90 Å². The number of nitrogens with two attached hydrogens (primary N) is 1. The molecule has 1 heterocycles. The van der Waals surface area contributed by atoms with Gasteiger partial charge >= 0.3 is 0 Å². The maximum atomic E-state index is 12.9. The van der Waals surface area contributed by atoms with Crippen LogP contribution in [0.1, 0.15) is 24.8 Å². The molecule has 2 N–H and O–H groups in total. The summed E-state index contributed by atoms with van der Waals surface area (Å²) in [6.07, 6.45) is 3.64. The highest BCUT2D eigenvalue weighted by atomic mass is 19.1. The number of nitrogens with zero attached hydrogens (tertiary/aromatic N) is 1. The number of halogens is 1. The summed E-state index contributed by atoms with van der Waals surface area (Å²) in [7, 11) is 0. The number of benzene rings is 1. The van der Waals surface area contributed by atoms with Crippen LogP contribution in [0, 0.1) is 17.7 Å². The largest absolute Gasteiger partial charge is 0.342 e. The molecule has 3 atom stereocenters. The van der Waals surface area contributed by atoms with Crippen LogP contribution < -0.4 is 5.73 Å². The summed E-state index contributed by atoms with van der Waals surface area (Å²) in [6, 6.07) is 6.50. The van der Waals surface area contributed by atoms with Crippen molar-refractivity contribution in [3.63, 3.8) is 0 Å². The van der Waals surface area contributed by atoms with Gasteiger partial charge in [-0.05, 0) is 48.8 Å². The molecule has 3 rings (SSSR count). The highest BCUT2D eigenvalue weighted by Crippen LogP contribution is 2.35. The Morgan fingerprint density at radius 3 is 2.65 bits per heavy atom. The molecular formula is C16H21FN2O. The van der Waals surface area contributed by atoms with Gasteiger partial charge in [-0.3, -0.25) is 4.79 Å². The second kappa shape index (κ2) is 5.52. The number of carbonyl (C=O) groups is 1. The second-order valence-corrected chi connectivity index (χ2v) is 6.20. The van der Waals surface area contributed by atoms with Crippen LogP contribution in [-0.2, 0) is 11.2 Å². The molecule has 1 unspecified atom stereocenters. The number of amides is 1. The third kappa shape index (κ3) is 2.85. The van der Waals surface area contributed by atoms with Crippen molar-refractivity contribution < 1.29 is 9.18 Å².